The molecule has 0 saturated heterocycles. The third kappa shape index (κ3) is 2.20. The molecule has 3 atom stereocenters. The minimum Gasteiger partial charge on any atom is -0.393 e. The maximum Gasteiger partial charge on any atom is 0.0588 e. The molecule has 3 unspecified atom stereocenters. The van der Waals surface area contributed by atoms with Gasteiger partial charge in [-0.3, -0.25) is 0 Å². The lowest BCUT2D eigenvalue weighted by atomic mass is 9.72. The quantitative estimate of drug-likeness (QED) is 0.628. The van der Waals surface area contributed by atoms with Crippen molar-refractivity contribution in [3.05, 3.63) is 0 Å². The molecule has 1 saturated carbocycles. The Bertz CT molecular complexity index is 154. The van der Waals surface area contributed by atoms with Gasteiger partial charge in [0.1, 0.15) is 0 Å². The Kier molecular flexibility index (Phi) is 2.79. The first-order valence-electron chi connectivity index (χ1n) is 4.89. The summed E-state index contributed by atoms with van der Waals surface area (Å²) < 4.78 is 0. The maximum absolute atomic E-state index is 9.79. The summed E-state index contributed by atoms with van der Waals surface area (Å²) >= 11 is 0. The molecule has 0 heterocycles. The first-order chi connectivity index (χ1) is 5.42. The molecule has 1 rings (SSSR count). The lowest BCUT2D eigenvalue weighted by Crippen LogP contribution is -2.47. The SMILES string of the molecule is CC(C)C1CCC(C)(N)CC1O. The molecule has 0 aromatic carbocycles. The molecule has 0 amide bonds. The minimum absolute atomic E-state index is 0.134. The van der Waals surface area contributed by atoms with Gasteiger partial charge in [0.2, 0.25) is 0 Å². The topological polar surface area (TPSA) is 46.2 Å². The van der Waals surface area contributed by atoms with E-state index in [1.165, 1.54) is 0 Å². The van der Waals surface area contributed by atoms with E-state index >= 15 is 0 Å². The summed E-state index contributed by atoms with van der Waals surface area (Å²) in [4.78, 5) is 0. The van der Waals surface area contributed by atoms with Crippen molar-refractivity contribution in [3.63, 3.8) is 0 Å². The Morgan fingerprint density at radius 2 is 2.08 bits per heavy atom. The van der Waals surface area contributed by atoms with Crippen LogP contribution in [0.2, 0.25) is 0 Å². The molecule has 0 aromatic rings. The van der Waals surface area contributed by atoms with Gasteiger partial charge in [-0.15, -0.1) is 0 Å². The number of nitrogens with two attached hydrogens (primary N) is 1. The fraction of sp³-hybridized carbons (Fsp3) is 1.00. The summed E-state index contributed by atoms with van der Waals surface area (Å²) in [7, 11) is 0. The Balaban J connectivity index is 2.54. The van der Waals surface area contributed by atoms with Crippen molar-refractivity contribution in [1.29, 1.82) is 0 Å². The van der Waals surface area contributed by atoms with E-state index < -0.39 is 0 Å². The summed E-state index contributed by atoms with van der Waals surface area (Å²) in [5, 5.41) is 9.79. The van der Waals surface area contributed by atoms with Crippen molar-refractivity contribution in [1.82, 2.24) is 0 Å². The van der Waals surface area contributed by atoms with Crippen LogP contribution in [-0.4, -0.2) is 16.7 Å². The van der Waals surface area contributed by atoms with E-state index in [9.17, 15) is 5.11 Å². The molecule has 0 aliphatic heterocycles. The molecule has 1 aliphatic rings. The smallest absolute Gasteiger partial charge is 0.0588 e. The summed E-state index contributed by atoms with van der Waals surface area (Å²) in [6, 6.07) is 0. The number of hydrogen-bond acceptors (Lipinski definition) is 2. The van der Waals surface area contributed by atoms with E-state index in [0.29, 0.717) is 11.8 Å². The van der Waals surface area contributed by atoms with Crippen molar-refractivity contribution >= 4 is 0 Å². The van der Waals surface area contributed by atoms with Crippen LogP contribution in [0, 0.1) is 11.8 Å². The van der Waals surface area contributed by atoms with E-state index in [2.05, 4.69) is 13.8 Å². The van der Waals surface area contributed by atoms with Crippen LogP contribution in [-0.2, 0) is 0 Å². The van der Waals surface area contributed by atoms with E-state index in [1.54, 1.807) is 0 Å². The molecule has 1 fully saturated rings. The normalized spacial score (nSPS) is 43.5. The number of hydrogen-bond donors (Lipinski definition) is 2. The standard InChI is InChI=1S/C10H21NO/c1-7(2)8-4-5-10(3,11)6-9(8)12/h7-9,12H,4-6,11H2,1-3H3. The van der Waals surface area contributed by atoms with Gasteiger partial charge in [-0.2, -0.15) is 0 Å². The van der Waals surface area contributed by atoms with Crippen molar-refractivity contribution in [2.24, 2.45) is 17.6 Å². The highest BCUT2D eigenvalue weighted by atomic mass is 16.3. The predicted molar refractivity (Wildman–Crippen MR) is 50.8 cm³/mol. The van der Waals surface area contributed by atoms with Gasteiger partial charge in [-0.05, 0) is 38.0 Å². The van der Waals surface area contributed by atoms with E-state index in [0.717, 1.165) is 19.3 Å². The first kappa shape index (κ1) is 10.0. The van der Waals surface area contributed by atoms with Crippen LogP contribution < -0.4 is 5.73 Å². The van der Waals surface area contributed by atoms with Crippen LogP contribution in [0.25, 0.3) is 0 Å². The van der Waals surface area contributed by atoms with E-state index in [1.807, 2.05) is 6.92 Å². The largest absolute Gasteiger partial charge is 0.393 e. The van der Waals surface area contributed by atoms with Gasteiger partial charge in [0.25, 0.3) is 0 Å². The second-order valence-electron chi connectivity index (χ2n) is 4.87. The molecule has 2 nitrogen and oxygen atoms in total. The van der Waals surface area contributed by atoms with Crippen LogP contribution in [0.3, 0.4) is 0 Å². The van der Waals surface area contributed by atoms with Crippen molar-refractivity contribution in [2.45, 2.75) is 51.7 Å². The zero-order valence-corrected chi connectivity index (χ0v) is 8.38. The Labute approximate surface area is 75.2 Å². The molecule has 3 N–H and O–H groups in total. The third-order valence-corrected chi connectivity index (χ3v) is 3.07. The average molecular weight is 171 g/mol. The van der Waals surface area contributed by atoms with Crippen molar-refractivity contribution in [2.75, 3.05) is 0 Å². The van der Waals surface area contributed by atoms with E-state index in [4.69, 9.17) is 5.73 Å². The molecule has 0 spiro atoms. The highest BCUT2D eigenvalue weighted by Gasteiger charge is 2.35. The molecule has 12 heavy (non-hydrogen) atoms. The van der Waals surface area contributed by atoms with Crippen LogP contribution >= 0.6 is 0 Å². The first-order valence-corrected chi connectivity index (χ1v) is 4.89. The number of aliphatic hydroxyl groups is 1. The van der Waals surface area contributed by atoms with Crippen LogP contribution in [0.1, 0.15) is 40.0 Å². The highest BCUT2D eigenvalue weighted by Crippen LogP contribution is 2.34. The molecular weight excluding hydrogens is 150 g/mol. The monoisotopic (exact) mass is 171 g/mol. The van der Waals surface area contributed by atoms with E-state index in [-0.39, 0.29) is 11.6 Å². The Hall–Kier alpha value is -0.0800. The fourth-order valence-electron chi connectivity index (χ4n) is 2.20. The fourth-order valence-corrected chi connectivity index (χ4v) is 2.20. The summed E-state index contributed by atoms with van der Waals surface area (Å²) in [6.45, 7) is 6.38. The average Bonchev–Trinajstić information content (AvgIpc) is 1.83. The molecule has 0 radical (unpaired) electrons. The van der Waals surface area contributed by atoms with Gasteiger partial charge < -0.3 is 10.8 Å². The predicted octanol–water partition coefficient (Wildman–Crippen LogP) is 1.52. The molecular formula is C10H21NO. The number of aliphatic hydroxyl groups excluding tert-OH is 1. The lowest BCUT2D eigenvalue weighted by Gasteiger charge is -2.39. The zero-order chi connectivity index (χ0) is 9.35. The minimum atomic E-state index is -0.186. The van der Waals surface area contributed by atoms with Crippen molar-refractivity contribution in [3.8, 4) is 0 Å². The zero-order valence-electron chi connectivity index (χ0n) is 8.38. The Morgan fingerprint density at radius 3 is 2.50 bits per heavy atom. The van der Waals surface area contributed by atoms with Gasteiger partial charge in [0.05, 0.1) is 6.10 Å². The van der Waals surface area contributed by atoms with Gasteiger partial charge in [0.15, 0.2) is 0 Å². The molecule has 72 valence electrons. The molecule has 2 heteroatoms. The van der Waals surface area contributed by atoms with Gasteiger partial charge >= 0.3 is 0 Å². The summed E-state index contributed by atoms with van der Waals surface area (Å²) in [5.74, 6) is 1.04. The van der Waals surface area contributed by atoms with Gasteiger partial charge in [-0.25, -0.2) is 0 Å². The lowest BCUT2D eigenvalue weighted by molar-refractivity contribution is 0.0178. The van der Waals surface area contributed by atoms with Gasteiger partial charge in [-0.1, -0.05) is 13.8 Å². The number of rotatable bonds is 1. The van der Waals surface area contributed by atoms with Gasteiger partial charge in [0, 0.05) is 5.54 Å². The summed E-state index contributed by atoms with van der Waals surface area (Å²) in [6.07, 6.45) is 2.70. The van der Waals surface area contributed by atoms with Crippen molar-refractivity contribution < 1.29 is 5.11 Å². The molecule has 0 aromatic heterocycles. The third-order valence-electron chi connectivity index (χ3n) is 3.07. The highest BCUT2D eigenvalue weighted by molar-refractivity contribution is 4.91. The van der Waals surface area contributed by atoms with Crippen LogP contribution in [0.15, 0.2) is 0 Å². The van der Waals surface area contributed by atoms with Crippen LogP contribution in [0.4, 0.5) is 0 Å². The molecule has 1 aliphatic carbocycles. The summed E-state index contributed by atoms with van der Waals surface area (Å²) in [5.41, 5.74) is 5.84. The van der Waals surface area contributed by atoms with Crippen LogP contribution in [0.5, 0.6) is 0 Å². The molecule has 0 bridgehead atoms. The maximum atomic E-state index is 9.79. The Morgan fingerprint density at radius 1 is 1.50 bits per heavy atom. The second kappa shape index (κ2) is 3.35. The second-order valence-corrected chi connectivity index (χ2v) is 4.87.